The molecule has 8 rings (SSSR count). The number of amides is 4. The van der Waals surface area contributed by atoms with E-state index in [-0.39, 0.29) is 71.0 Å². The molecule has 0 aromatic heterocycles. The van der Waals surface area contributed by atoms with E-state index in [2.05, 4.69) is 12.2 Å². The maximum atomic E-state index is 13.7. The number of hydrogen-bond donors (Lipinski definition) is 0. The molecule has 6 heteroatoms. The average molecular weight is 509 g/mol. The van der Waals surface area contributed by atoms with E-state index >= 15 is 0 Å². The van der Waals surface area contributed by atoms with Crippen LogP contribution in [0.15, 0.2) is 72.8 Å². The third kappa shape index (κ3) is 3.12. The Hall–Kier alpha value is -3.54. The number of rotatable bonds is 6. The molecule has 2 heterocycles. The van der Waals surface area contributed by atoms with Crippen molar-refractivity contribution in [2.45, 2.75) is 25.7 Å². The van der Waals surface area contributed by atoms with Gasteiger partial charge < -0.3 is 0 Å². The highest BCUT2D eigenvalue weighted by atomic mass is 16.2. The Labute approximate surface area is 222 Å². The average Bonchev–Trinajstić information content (AvgIpc) is 3.29. The number of carbonyl (C=O) groups excluding carboxylic acids is 4. The van der Waals surface area contributed by atoms with Crippen molar-refractivity contribution in [3.05, 3.63) is 83.9 Å². The molecular formula is C32H32N2O4. The van der Waals surface area contributed by atoms with Crippen LogP contribution in [0.4, 0.5) is 0 Å². The Morgan fingerprint density at radius 1 is 0.553 bits per heavy atom. The highest BCUT2D eigenvalue weighted by molar-refractivity contribution is 6.09. The summed E-state index contributed by atoms with van der Waals surface area (Å²) < 4.78 is 0. The van der Waals surface area contributed by atoms with E-state index in [1.807, 2.05) is 74.5 Å². The summed E-state index contributed by atoms with van der Waals surface area (Å²) in [6, 6.07) is 19.9. The second kappa shape index (κ2) is 8.48. The Balaban J connectivity index is 1.13. The molecule has 2 aromatic carbocycles. The normalized spacial score (nSPS) is 36.2. The lowest BCUT2D eigenvalue weighted by molar-refractivity contribution is -0.166. The Morgan fingerprint density at radius 2 is 0.895 bits per heavy atom. The fourth-order valence-electron chi connectivity index (χ4n) is 8.41. The first-order chi connectivity index (χ1) is 18.4. The summed E-state index contributed by atoms with van der Waals surface area (Å²) in [4.78, 5) is 57.5. The molecule has 2 saturated carbocycles. The van der Waals surface area contributed by atoms with E-state index in [4.69, 9.17) is 0 Å². The minimum atomic E-state index is -0.414. The van der Waals surface area contributed by atoms with Crippen LogP contribution < -0.4 is 0 Å². The van der Waals surface area contributed by atoms with Crippen molar-refractivity contribution in [1.29, 1.82) is 0 Å². The third-order valence-electron chi connectivity index (χ3n) is 10.2. The Morgan fingerprint density at radius 3 is 1.26 bits per heavy atom. The van der Waals surface area contributed by atoms with Crippen molar-refractivity contribution in [3.63, 3.8) is 0 Å². The first-order valence-corrected chi connectivity index (χ1v) is 13.9. The van der Waals surface area contributed by atoms with Gasteiger partial charge in [-0.1, -0.05) is 86.7 Å². The van der Waals surface area contributed by atoms with Gasteiger partial charge in [0.2, 0.25) is 23.6 Å². The second-order valence-corrected chi connectivity index (χ2v) is 12.0. The highest BCUT2D eigenvalue weighted by Gasteiger charge is 2.74. The number of benzene rings is 2. The summed E-state index contributed by atoms with van der Waals surface area (Å²) in [5, 5.41) is 0. The molecule has 4 fully saturated rings. The standard InChI is InChI=1S/C32H32N2O4/c1-17(19-9-5-3-6-10-19)15-33-29(35)25-21-13-14-22(26(25)30(33)36)24-23(21)27-28(24)32(38)34(31(27)37)16-18(2)20-11-7-4-8-12-20/h3-14,17-18,21-28H,15-16H2,1-2H3. The number of hydrogen-bond acceptors (Lipinski definition) is 4. The summed E-state index contributed by atoms with van der Waals surface area (Å²) in [6.07, 6.45) is 4.15. The van der Waals surface area contributed by atoms with Crippen LogP contribution in [0, 0.1) is 47.3 Å². The fraction of sp³-hybridized carbons (Fsp3) is 0.438. The molecular weight excluding hydrogens is 476 g/mol. The molecule has 2 saturated heterocycles. The molecule has 0 spiro atoms. The summed E-state index contributed by atoms with van der Waals surface area (Å²) in [6.45, 7) is 4.81. The van der Waals surface area contributed by atoms with Gasteiger partial charge in [0.05, 0.1) is 23.7 Å². The summed E-state index contributed by atoms with van der Waals surface area (Å²) in [5.74, 6) is -2.25. The molecule has 38 heavy (non-hydrogen) atoms. The van der Waals surface area contributed by atoms with Gasteiger partial charge in [0.1, 0.15) is 0 Å². The molecule has 4 aliphatic carbocycles. The zero-order valence-electron chi connectivity index (χ0n) is 21.6. The Kier molecular flexibility index (Phi) is 5.26. The van der Waals surface area contributed by atoms with E-state index in [9.17, 15) is 19.2 Å². The minimum Gasteiger partial charge on any atom is -0.281 e. The van der Waals surface area contributed by atoms with Gasteiger partial charge >= 0.3 is 0 Å². The van der Waals surface area contributed by atoms with Crippen molar-refractivity contribution in [3.8, 4) is 0 Å². The molecule has 6 nitrogen and oxygen atoms in total. The van der Waals surface area contributed by atoms with E-state index in [1.165, 1.54) is 9.80 Å². The van der Waals surface area contributed by atoms with Crippen LogP contribution in [0.25, 0.3) is 0 Å². The summed E-state index contributed by atoms with van der Waals surface area (Å²) >= 11 is 0. The van der Waals surface area contributed by atoms with Crippen molar-refractivity contribution in [1.82, 2.24) is 9.80 Å². The van der Waals surface area contributed by atoms with Crippen LogP contribution in [0.3, 0.4) is 0 Å². The molecule has 10 atom stereocenters. The summed E-state index contributed by atoms with van der Waals surface area (Å²) in [7, 11) is 0. The van der Waals surface area contributed by atoms with Gasteiger partial charge in [-0.25, -0.2) is 0 Å². The molecule has 2 bridgehead atoms. The first kappa shape index (κ1) is 23.6. The molecule has 6 aliphatic rings. The molecule has 4 amide bonds. The van der Waals surface area contributed by atoms with Crippen molar-refractivity contribution >= 4 is 23.6 Å². The van der Waals surface area contributed by atoms with Crippen LogP contribution in [0.2, 0.25) is 0 Å². The van der Waals surface area contributed by atoms with E-state index < -0.39 is 11.8 Å². The molecule has 10 unspecified atom stereocenters. The lowest BCUT2D eigenvalue weighted by Gasteiger charge is -2.60. The molecule has 0 radical (unpaired) electrons. The molecule has 194 valence electrons. The van der Waals surface area contributed by atoms with Crippen LogP contribution in [-0.4, -0.2) is 46.5 Å². The van der Waals surface area contributed by atoms with Gasteiger partial charge in [0.25, 0.3) is 0 Å². The number of nitrogens with zero attached hydrogens (tertiary/aromatic N) is 2. The zero-order valence-corrected chi connectivity index (χ0v) is 21.6. The first-order valence-electron chi connectivity index (χ1n) is 13.9. The van der Waals surface area contributed by atoms with Gasteiger partial charge in [0, 0.05) is 13.1 Å². The molecule has 2 aromatic rings. The maximum absolute atomic E-state index is 13.7. The van der Waals surface area contributed by atoms with E-state index in [0.717, 1.165) is 11.1 Å². The summed E-state index contributed by atoms with van der Waals surface area (Å²) in [5.41, 5.74) is 2.20. The predicted molar refractivity (Wildman–Crippen MR) is 140 cm³/mol. The SMILES string of the molecule is CC(CN1C(=O)C2C3C=CC(C2C1=O)C1C2C(=O)N(CC(C)c4ccccc4)C(=O)C2C31)c1ccccc1. The van der Waals surface area contributed by atoms with Crippen LogP contribution in [0.5, 0.6) is 0 Å². The van der Waals surface area contributed by atoms with Gasteiger partial charge in [-0.3, -0.25) is 29.0 Å². The topological polar surface area (TPSA) is 74.8 Å². The van der Waals surface area contributed by atoms with Crippen molar-refractivity contribution in [2.24, 2.45) is 47.3 Å². The van der Waals surface area contributed by atoms with Gasteiger partial charge in [-0.2, -0.15) is 0 Å². The van der Waals surface area contributed by atoms with Gasteiger partial charge in [0.15, 0.2) is 0 Å². The molecule has 0 N–H and O–H groups in total. The van der Waals surface area contributed by atoms with E-state index in [0.29, 0.717) is 13.1 Å². The van der Waals surface area contributed by atoms with Crippen LogP contribution >= 0.6 is 0 Å². The quantitative estimate of drug-likeness (QED) is 0.439. The lowest BCUT2D eigenvalue weighted by Crippen LogP contribution is -2.63. The number of likely N-dealkylation sites (tertiary alicyclic amines) is 2. The van der Waals surface area contributed by atoms with E-state index in [1.54, 1.807) is 0 Å². The molecule has 2 aliphatic heterocycles. The maximum Gasteiger partial charge on any atom is 0.233 e. The van der Waals surface area contributed by atoms with Gasteiger partial charge in [-0.05, 0) is 46.6 Å². The predicted octanol–water partition coefficient (Wildman–Crippen LogP) is 3.86. The zero-order chi connectivity index (χ0) is 26.3. The van der Waals surface area contributed by atoms with Crippen LogP contribution in [-0.2, 0) is 19.2 Å². The third-order valence-corrected chi connectivity index (χ3v) is 10.2. The number of fused-ring (bicyclic) bond motifs is 1. The smallest absolute Gasteiger partial charge is 0.233 e. The monoisotopic (exact) mass is 508 g/mol. The van der Waals surface area contributed by atoms with Gasteiger partial charge in [-0.15, -0.1) is 0 Å². The minimum absolute atomic E-state index is 0.0343. The lowest BCUT2D eigenvalue weighted by atomic mass is 9.40. The number of imide groups is 2. The second-order valence-electron chi connectivity index (χ2n) is 12.0. The number of allylic oxidation sites excluding steroid dienone is 2. The van der Waals surface area contributed by atoms with Crippen LogP contribution in [0.1, 0.15) is 36.8 Å². The number of carbonyl (C=O) groups is 4. The van der Waals surface area contributed by atoms with Crippen molar-refractivity contribution in [2.75, 3.05) is 13.1 Å². The Bertz CT molecular complexity index is 1300. The fourth-order valence-corrected chi connectivity index (χ4v) is 8.41. The largest absolute Gasteiger partial charge is 0.281 e. The van der Waals surface area contributed by atoms with Crippen molar-refractivity contribution < 1.29 is 19.2 Å². The highest BCUT2D eigenvalue weighted by Crippen LogP contribution is 2.68.